The summed E-state index contributed by atoms with van der Waals surface area (Å²) in [6, 6.07) is 22.3. The number of benzene rings is 3. The van der Waals surface area contributed by atoms with Crippen LogP contribution in [0.15, 0.2) is 72.9 Å². The van der Waals surface area contributed by atoms with Crippen LogP contribution in [0.3, 0.4) is 0 Å². The fourth-order valence-electron chi connectivity index (χ4n) is 2.70. The second-order valence-electron chi connectivity index (χ2n) is 5.28. The molecule has 0 atom stereocenters. The molecular weight excluding hydrogens is 286 g/mol. The van der Waals surface area contributed by atoms with E-state index in [4.69, 9.17) is 4.74 Å². The van der Waals surface area contributed by atoms with E-state index < -0.39 is 0 Å². The van der Waals surface area contributed by atoms with Crippen LogP contribution in [0.5, 0.6) is 5.75 Å². The van der Waals surface area contributed by atoms with Crippen LogP contribution in [0.1, 0.15) is 0 Å². The van der Waals surface area contributed by atoms with E-state index in [9.17, 15) is 0 Å². The molecule has 0 bridgehead atoms. The van der Waals surface area contributed by atoms with E-state index in [1.165, 1.54) is 5.39 Å². The molecule has 0 aliphatic heterocycles. The molecule has 23 heavy (non-hydrogen) atoms. The van der Waals surface area contributed by atoms with Gasteiger partial charge in [-0.25, -0.2) is 4.68 Å². The highest BCUT2D eigenvalue weighted by molar-refractivity contribution is 5.90. The predicted molar refractivity (Wildman–Crippen MR) is 90.9 cm³/mol. The molecule has 0 saturated carbocycles. The molecule has 0 fully saturated rings. The molecular formula is C19H15N3O. The third-order valence-electron chi connectivity index (χ3n) is 3.87. The number of hydrogen-bond acceptors (Lipinski definition) is 3. The van der Waals surface area contributed by atoms with E-state index in [2.05, 4.69) is 28.5 Å². The lowest BCUT2D eigenvalue weighted by atomic mass is 10.1. The lowest BCUT2D eigenvalue weighted by Gasteiger charge is -2.05. The van der Waals surface area contributed by atoms with E-state index >= 15 is 0 Å². The fourth-order valence-corrected chi connectivity index (χ4v) is 2.70. The maximum Gasteiger partial charge on any atom is 0.119 e. The molecule has 112 valence electrons. The minimum atomic E-state index is 0.808. The van der Waals surface area contributed by atoms with Crippen molar-refractivity contribution in [3.8, 4) is 22.7 Å². The van der Waals surface area contributed by atoms with E-state index in [0.29, 0.717) is 0 Å². The van der Waals surface area contributed by atoms with Crippen LogP contribution in [0.25, 0.3) is 27.7 Å². The number of methoxy groups -OCH3 is 1. The fraction of sp³-hybridized carbons (Fsp3) is 0.0526. The molecule has 0 amide bonds. The third-order valence-corrected chi connectivity index (χ3v) is 3.87. The van der Waals surface area contributed by atoms with Crippen molar-refractivity contribution < 1.29 is 4.74 Å². The molecule has 1 aromatic heterocycles. The molecule has 0 aliphatic carbocycles. The molecule has 4 aromatic rings. The number of fused-ring (bicyclic) bond motifs is 1. The quantitative estimate of drug-likeness (QED) is 0.572. The first kappa shape index (κ1) is 13.5. The van der Waals surface area contributed by atoms with Gasteiger partial charge in [-0.15, -0.1) is 5.10 Å². The zero-order valence-electron chi connectivity index (χ0n) is 12.7. The van der Waals surface area contributed by atoms with Gasteiger partial charge >= 0.3 is 0 Å². The highest BCUT2D eigenvalue weighted by Gasteiger charge is 2.08. The minimum Gasteiger partial charge on any atom is -0.497 e. The van der Waals surface area contributed by atoms with Crippen molar-refractivity contribution in [1.82, 2.24) is 15.0 Å². The molecule has 0 N–H and O–H groups in total. The lowest BCUT2D eigenvalue weighted by molar-refractivity contribution is 0.415. The highest BCUT2D eigenvalue weighted by Crippen LogP contribution is 2.25. The van der Waals surface area contributed by atoms with Crippen molar-refractivity contribution in [2.45, 2.75) is 0 Å². The number of nitrogens with zero attached hydrogens (tertiary/aromatic N) is 3. The van der Waals surface area contributed by atoms with Gasteiger partial charge in [-0.2, -0.15) is 0 Å². The maximum atomic E-state index is 5.27. The topological polar surface area (TPSA) is 39.9 Å². The zero-order valence-corrected chi connectivity index (χ0v) is 12.7. The van der Waals surface area contributed by atoms with Crippen molar-refractivity contribution in [2.24, 2.45) is 0 Å². The summed E-state index contributed by atoms with van der Waals surface area (Å²) >= 11 is 0. The van der Waals surface area contributed by atoms with Crippen LogP contribution in [0.2, 0.25) is 0 Å². The second kappa shape index (κ2) is 5.57. The van der Waals surface area contributed by atoms with Gasteiger partial charge in [-0.3, -0.25) is 0 Å². The molecule has 3 aromatic carbocycles. The van der Waals surface area contributed by atoms with Crippen LogP contribution in [0, 0.1) is 0 Å². The van der Waals surface area contributed by atoms with Crippen molar-refractivity contribution in [1.29, 1.82) is 0 Å². The van der Waals surface area contributed by atoms with Gasteiger partial charge in [0.25, 0.3) is 0 Å². The van der Waals surface area contributed by atoms with Crippen LogP contribution in [-0.2, 0) is 0 Å². The Morgan fingerprint density at radius 3 is 2.65 bits per heavy atom. The normalized spacial score (nSPS) is 10.8. The van der Waals surface area contributed by atoms with Crippen LogP contribution in [-0.4, -0.2) is 22.1 Å². The average Bonchev–Trinajstić information content (AvgIpc) is 3.11. The molecule has 0 aliphatic rings. The lowest BCUT2D eigenvalue weighted by Crippen LogP contribution is -1.95. The average molecular weight is 301 g/mol. The summed E-state index contributed by atoms with van der Waals surface area (Å²) in [5.41, 5.74) is 2.82. The SMILES string of the molecule is COc1cccc(-c2cn(-c3cccc4ccccc34)nn2)c1. The summed E-state index contributed by atoms with van der Waals surface area (Å²) in [7, 11) is 1.66. The monoisotopic (exact) mass is 301 g/mol. The predicted octanol–water partition coefficient (Wildman–Crippen LogP) is 4.10. The molecule has 0 spiro atoms. The molecule has 0 saturated heterocycles. The first-order chi connectivity index (χ1) is 11.3. The molecule has 4 heteroatoms. The summed E-state index contributed by atoms with van der Waals surface area (Å²) in [5.74, 6) is 0.808. The summed E-state index contributed by atoms with van der Waals surface area (Å²) in [4.78, 5) is 0. The van der Waals surface area contributed by atoms with Crippen LogP contribution in [0.4, 0.5) is 0 Å². The maximum absolute atomic E-state index is 5.27. The Morgan fingerprint density at radius 1 is 0.913 bits per heavy atom. The van der Waals surface area contributed by atoms with Crippen LogP contribution >= 0.6 is 0 Å². The summed E-state index contributed by atoms with van der Waals surface area (Å²) in [6.07, 6.45) is 1.94. The standard InChI is InChI=1S/C19H15N3O/c1-23-16-9-4-8-15(12-16)18-13-22(21-20-18)19-11-5-7-14-6-2-3-10-17(14)19/h2-13H,1H3. The highest BCUT2D eigenvalue weighted by atomic mass is 16.5. The number of ether oxygens (including phenoxy) is 1. The summed E-state index contributed by atoms with van der Waals surface area (Å²) < 4.78 is 7.09. The van der Waals surface area contributed by atoms with E-state index in [1.54, 1.807) is 7.11 Å². The third kappa shape index (κ3) is 2.44. The number of aromatic nitrogens is 3. The first-order valence-electron chi connectivity index (χ1n) is 7.40. The van der Waals surface area contributed by atoms with Gasteiger partial charge in [0.1, 0.15) is 11.4 Å². The van der Waals surface area contributed by atoms with Gasteiger partial charge in [0.2, 0.25) is 0 Å². The van der Waals surface area contributed by atoms with Crippen molar-refractivity contribution in [3.05, 3.63) is 72.9 Å². The van der Waals surface area contributed by atoms with Gasteiger partial charge in [0.15, 0.2) is 0 Å². The van der Waals surface area contributed by atoms with Gasteiger partial charge in [-0.05, 0) is 23.6 Å². The van der Waals surface area contributed by atoms with Crippen molar-refractivity contribution >= 4 is 10.8 Å². The largest absolute Gasteiger partial charge is 0.497 e. The smallest absolute Gasteiger partial charge is 0.119 e. The van der Waals surface area contributed by atoms with Crippen molar-refractivity contribution in [2.75, 3.05) is 7.11 Å². The Labute approximate surface area is 134 Å². The molecule has 4 nitrogen and oxygen atoms in total. The number of rotatable bonds is 3. The van der Waals surface area contributed by atoms with Gasteiger partial charge in [-0.1, -0.05) is 53.7 Å². The molecule has 4 rings (SSSR count). The van der Waals surface area contributed by atoms with Gasteiger partial charge in [0, 0.05) is 10.9 Å². The Balaban J connectivity index is 1.80. The molecule has 0 unspecified atom stereocenters. The zero-order chi connectivity index (χ0) is 15.6. The Hall–Kier alpha value is -3.14. The Kier molecular flexibility index (Phi) is 3.27. The van der Waals surface area contributed by atoms with Crippen LogP contribution < -0.4 is 4.74 Å². The number of hydrogen-bond donors (Lipinski definition) is 0. The molecule has 1 heterocycles. The second-order valence-corrected chi connectivity index (χ2v) is 5.28. The summed E-state index contributed by atoms with van der Waals surface area (Å²) in [6.45, 7) is 0. The first-order valence-corrected chi connectivity index (χ1v) is 7.40. The Bertz CT molecular complexity index is 970. The van der Waals surface area contributed by atoms with Gasteiger partial charge in [0.05, 0.1) is 19.0 Å². The molecule has 0 radical (unpaired) electrons. The Morgan fingerprint density at radius 2 is 1.74 bits per heavy atom. The van der Waals surface area contributed by atoms with Gasteiger partial charge < -0.3 is 4.74 Å². The summed E-state index contributed by atoms with van der Waals surface area (Å²) in [5, 5.41) is 10.9. The van der Waals surface area contributed by atoms with E-state index in [1.807, 2.05) is 59.4 Å². The van der Waals surface area contributed by atoms with Crippen molar-refractivity contribution in [3.63, 3.8) is 0 Å². The van der Waals surface area contributed by atoms with E-state index in [-0.39, 0.29) is 0 Å². The van der Waals surface area contributed by atoms with E-state index in [0.717, 1.165) is 28.1 Å². The minimum absolute atomic E-state index is 0.808.